The molecule has 0 spiro atoms. The summed E-state index contributed by atoms with van der Waals surface area (Å²) in [5, 5.41) is 0. The van der Waals surface area contributed by atoms with Gasteiger partial charge in [-0.1, -0.05) is 48.5 Å². The van der Waals surface area contributed by atoms with Gasteiger partial charge in [0.05, 0.1) is 20.6 Å². The van der Waals surface area contributed by atoms with Crippen molar-refractivity contribution < 1.29 is 4.21 Å². The summed E-state index contributed by atoms with van der Waals surface area (Å²) in [7, 11) is -1.03. The molecule has 1 nitrogen and oxygen atoms in total. The zero-order valence-corrected chi connectivity index (χ0v) is 9.41. The second kappa shape index (κ2) is 3.72. The van der Waals surface area contributed by atoms with Crippen LogP contribution < -0.4 is 0 Å². The zero-order valence-electron chi connectivity index (χ0n) is 8.59. The zero-order chi connectivity index (χ0) is 11.0. The van der Waals surface area contributed by atoms with Crippen molar-refractivity contribution in [3.8, 4) is 0 Å². The Morgan fingerprint density at radius 1 is 0.812 bits per heavy atom. The molecule has 1 aliphatic rings. The van der Waals surface area contributed by atoms with Crippen molar-refractivity contribution in [2.45, 2.75) is 4.90 Å². The average Bonchev–Trinajstić information content (AvgIpc) is 2.69. The summed E-state index contributed by atoms with van der Waals surface area (Å²) in [6, 6.07) is 17.7. The highest BCUT2D eigenvalue weighted by atomic mass is 32.2. The third kappa shape index (κ3) is 1.42. The molecule has 0 saturated carbocycles. The Labute approximate surface area is 96.9 Å². The van der Waals surface area contributed by atoms with E-state index in [0.29, 0.717) is 0 Å². The minimum atomic E-state index is -1.03. The Kier molecular flexibility index (Phi) is 2.22. The molecular formula is C14H10OS. The average molecular weight is 226 g/mol. The van der Waals surface area contributed by atoms with Crippen LogP contribution in [0.15, 0.2) is 59.5 Å². The summed E-state index contributed by atoms with van der Waals surface area (Å²) in [6.07, 6.45) is 2.01. The molecule has 1 unspecified atom stereocenters. The number of hydrogen-bond acceptors (Lipinski definition) is 1. The van der Waals surface area contributed by atoms with Gasteiger partial charge < -0.3 is 0 Å². The van der Waals surface area contributed by atoms with Gasteiger partial charge in [-0.2, -0.15) is 0 Å². The molecule has 78 valence electrons. The maximum absolute atomic E-state index is 12.2. The minimum Gasteiger partial charge on any atom is -0.249 e. The van der Waals surface area contributed by atoms with Gasteiger partial charge in [-0.05, 0) is 23.3 Å². The number of rotatable bonds is 1. The molecular weight excluding hydrogens is 216 g/mol. The summed E-state index contributed by atoms with van der Waals surface area (Å²) in [4.78, 5) is 1.82. The minimum absolute atomic E-state index is 0.904. The van der Waals surface area contributed by atoms with Crippen LogP contribution in [0.25, 0.3) is 11.0 Å². The van der Waals surface area contributed by atoms with Crippen molar-refractivity contribution in [3.05, 3.63) is 65.7 Å². The van der Waals surface area contributed by atoms with Crippen LogP contribution in [0.2, 0.25) is 0 Å². The molecule has 1 aliphatic heterocycles. The van der Waals surface area contributed by atoms with E-state index in [2.05, 4.69) is 0 Å². The van der Waals surface area contributed by atoms with E-state index in [4.69, 9.17) is 0 Å². The molecule has 2 aromatic carbocycles. The lowest BCUT2D eigenvalue weighted by molar-refractivity contribution is 0.689. The molecule has 0 aromatic heterocycles. The first-order chi connectivity index (χ1) is 7.86. The first-order valence-corrected chi connectivity index (χ1v) is 6.29. The van der Waals surface area contributed by atoms with Crippen LogP contribution in [0.5, 0.6) is 0 Å². The second-order valence-corrected chi connectivity index (χ2v) is 5.10. The van der Waals surface area contributed by atoms with E-state index in [0.717, 1.165) is 20.9 Å². The second-order valence-electron chi connectivity index (χ2n) is 3.68. The molecule has 2 aromatic rings. The maximum Gasteiger partial charge on any atom is 0.0862 e. The highest BCUT2D eigenvalue weighted by Crippen LogP contribution is 2.34. The van der Waals surface area contributed by atoms with Gasteiger partial charge in [0.15, 0.2) is 0 Å². The van der Waals surface area contributed by atoms with Crippen molar-refractivity contribution in [3.63, 3.8) is 0 Å². The molecule has 3 rings (SSSR count). The Morgan fingerprint density at radius 3 is 2.25 bits per heavy atom. The lowest BCUT2D eigenvalue weighted by atomic mass is 10.1. The quantitative estimate of drug-likeness (QED) is 0.729. The van der Waals surface area contributed by atoms with E-state index in [9.17, 15) is 4.21 Å². The van der Waals surface area contributed by atoms with Crippen LogP contribution in [0.1, 0.15) is 11.1 Å². The van der Waals surface area contributed by atoms with E-state index in [1.807, 2.05) is 60.7 Å². The first-order valence-electron chi connectivity index (χ1n) is 5.14. The summed E-state index contributed by atoms with van der Waals surface area (Å²) in [6.45, 7) is 0. The number of hydrogen-bond donors (Lipinski definition) is 0. The standard InChI is InChI=1S/C14H10OS/c15-16-13-9-5-4-8-12(13)10-14(16)11-6-2-1-3-7-11/h1-10H. The molecule has 2 heteroatoms. The lowest BCUT2D eigenvalue weighted by Gasteiger charge is -2.01. The largest absolute Gasteiger partial charge is 0.249 e. The van der Waals surface area contributed by atoms with Gasteiger partial charge in [-0.25, -0.2) is 4.21 Å². The van der Waals surface area contributed by atoms with Crippen LogP contribution in [0, 0.1) is 0 Å². The van der Waals surface area contributed by atoms with Crippen LogP contribution >= 0.6 is 0 Å². The fourth-order valence-corrected chi connectivity index (χ4v) is 3.24. The Hall–Kier alpha value is -1.67. The van der Waals surface area contributed by atoms with E-state index in [-0.39, 0.29) is 0 Å². The van der Waals surface area contributed by atoms with Crippen molar-refractivity contribution >= 4 is 21.8 Å². The van der Waals surface area contributed by atoms with Crippen LogP contribution in [0.4, 0.5) is 0 Å². The Balaban J connectivity index is 2.13. The Bertz CT molecular complexity index is 585. The van der Waals surface area contributed by atoms with Crippen LogP contribution in [0.3, 0.4) is 0 Å². The smallest absolute Gasteiger partial charge is 0.0862 e. The van der Waals surface area contributed by atoms with E-state index in [1.54, 1.807) is 0 Å². The fourth-order valence-electron chi connectivity index (χ4n) is 1.87. The first kappa shape index (κ1) is 9.55. The molecule has 1 heterocycles. The molecule has 16 heavy (non-hydrogen) atoms. The van der Waals surface area contributed by atoms with E-state index in [1.165, 1.54) is 0 Å². The highest BCUT2D eigenvalue weighted by molar-refractivity contribution is 7.95. The molecule has 0 N–H and O–H groups in total. The van der Waals surface area contributed by atoms with Gasteiger partial charge in [0, 0.05) is 0 Å². The van der Waals surface area contributed by atoms with Gasteiger partial charge in [-0.3, -0.25) is 0 Å². The van der Waals surface area contributed by atoms with Crippen molar-refractivity contribution in [2.24, 2.45) is 0 Å². The van der Waals surface area contributed by atoms with Crippen LogP contribution in [-0.4, -0.2) is 4.21 Å². The monoisotopic (exact) mass is 226 g/mol. The van der Waals surface area contributed by atoms with E-state index >= 15 is 0 Å². The van der Waals surface area contributed by atoms with Gasteiger partial charge in [0.25, 0.3) is 0 Å². The molecule has 0 aliphatic carbocycles. The predicted octanol–water partition coefficient (Wildman–Crippen LogP) is 3.31. The highest BCUT2D eigenvalue weighted by Gasteiger charge is 2.21. The van der Waals surface area contributed by atoms with Crippen LogP contribution in [-0.2, 0) is 10.8 Å². The SMILES string of the molecule is O=S1C(c2ccccc2)=Cc2ccccc21. The molecule has 0 amide bonds. The molecule has 0 fully saturated rings. The Morgan fingerprint density at radius 2 is 1.50 bits per heavy atom. The molecule has 1 atom stereocenters. The van der Waals surface area contributed by atoms with Gasteiger partial charge in [-0.15, -0.1) is 0 Å². The summed E-state index contributed by atoms with van der Waals surface area (Å²) < 4.78 is 12.2. The normalized spacial score (nSPS) is 18.0. The van der Waals surface area contributed by atoms with Crippen molar-refractivity contribution in [2.75, 3.05) is 0 Å². The molecule has 0 bridgehead atoms. The predicted molar refractivity (Wildman–Crippen MR) is 67.2 cm³/mol. The third-order valence-corrected chi connectivity index (χ3v) is 4.19. The topological polar surface area (TPSA) is 17.1 Å². The molecule has 0 radical (unpaired) electrons. The van der Waals surface area contributed by atoms with Crippen molar-refractivity contribution in [1.29, 1.82) is 0 Å². The summed E-state index contributed by atoms with van der Waals surface area (Å²) in [5.74, 6) is 0. The van der Waals surface area contributed by atoms with Gasteiger partial charge in [0.1, 0.15) is 0 Å². The van der Waals surface area contributed by atoms with Gasteiger partial charge in [0.2, 0.25) is 0 Å². The van der Waals surface area contributed by atoms with E-state index < -0.39 is 10.8 Å². The van der Waals surface area contributed by atoms with Crippen molar-refractivity contribution in [1.82, 2.24) is 0 Å². The summed E-state index contributed by atoms with van der Waals surface area (Å²) in [5.41, 5.74) is 2.11. The molecule has 0 saturated heterocycles. The summed E-state index contributed by atoms with van der Waals surface area (Å²) >= 11 is 0. The fraction of sp³-hybridized carbons (Fsp3) is 0. The number of benzene rings is 2. The number of fused-ring (bicyclic) bond motifs is 1. The maximum atomic E-state index is 12.2. The third-order valence-electron chi connectivity index (χ3n) is 2.66. The lowest BCUT2D eigenvalue weighted by Crippen LogP contribution is -1.90. The van der Waals surface area contributed by atoms with Gasteiger partial charge >= 0.3 is 0 Å².